The molecule has 1 aromatic rings. The Kier molecular flexibility index (Phi) is 4.59. The molecule has 2 rings (SSSR count). The van der Waals surface area contributed by atoms with Crippen LogP contribution in [-0.4, -0.2) is 39.6 Å². The van der Waals surface area contributed by atoms with E-state index in [-0.39, 0.29) is 18.1 Å². The highest BCUT2D eigenvalue weighted by atomic mass is 32.1. The van der Waals surface area contributed by atoms with Gasteiger partial charge in [-0.25, -0.2) is 9.78 Å². The van der Waals surface area contributed by atoms with E-state index < -0.39 is 11.9 Å². The lowest BCUT2D eigenvalue weighted by atomic mass is 10.0. The summed E-state index contributed by atoms with van der Waals surface area (Å²) < 4.78 is 0. The number of carbonyl (C=O) groups excluding carboxylic acids is 1. The van der Waals surface area contributed by atoms with Gasteiger partial charge in [0, 0.05) is 24.2 Å². The van der Waals surface area contributed by atoms with Gasteiger partial charge in [-0.05, 0) is 19.8 Å². The van der Waals surface area contributed by atoms with Gasteiger partial charge in [0.15, 0.2) is 0 Å². The fourth-order valence-electron chi connectivity index (χ4n) is 2.53. The molecule has 20 heavy (non-hydrogen) atoms. The summed E-state index contributed by atoms with van der Waals surface area (Å²) in [5, 5.41) is 14.8. The Labute approximate surface area is 121 Å². The summed E-state index contributed by atoms with van der Waals surface area (Å²) in [6.45, 7) is 4.26. The summed E-state index contributed by atoms with van der Waals surface area (Å²) in [5.74, 6) is -1.31. The lowest BCUT2D eigenvalue weighted by molar-refractivity contribution is -0.142. The SMILES string of the molecule is CCC(NC(=O)N1CCC(C(=O)O)C1C)c1nccs1. The van der Waals surface area contributed by atoms with E-state index in [1.54, 1.807) is 18.0 Å². The number of carbonyl (C=O) groups is 2. The first-order valence-corrected chi connectivity index (χ1v) is 7.61. The van der Waals surface area contributed by atoms with E-state index in [2.05, 4.69) is 10.3 Å². The fourth-order valence-corrected chi connectivity index (χ4v) is 3.31. The molecule has 1 aliphatic rings. The Hall–Kier alpha value is -1.63. The van der Waals surface area contributed by atoms with Crippen LogP contribution in [0.4, 0.5) is 4.79 Å². The van der Waals surface area contributed by atoms with Gasteiger partial charge in [-0.15, -0.1) is 11.3 Å². The van der Waals surface area contributed by atoms with Gasteiger partial charge in [0.05, 0.1) is 12.0 Å². The first-order chi connectivity index (χ1) is 9.54. The van der Waals surface area contributed by atoms with Crippen LogP contribution in [0.15, 0.2) is 11.6 Å². The topological polar surface area (TPSA) is 82.5 Å². The predicted molar refractivity (Wildman–Crippen MR) is 75.6 cm³/mol. The maximum absolute atomic E-state index is 12.3. The third kappa shape index (κ3) is 2.92. The normalized spacial score (nSPS) is 23.6. The van der Waals surface area contributed by atoms with Gasteiger partial charge in [-0.1, -0.05) is 6.92 Å². The zero-order chi connectivity index (χ0) is 14.7. The maximum Gasteiger partial charge on any atom is 0.318 e. The smallest absolute Gasteiger partial charge is 0.318 e. The van der Waals surface area contributed by atoms with Gasteiger partial charge in [0.2, 0.25) is 0 Å². The predicted octanol–water partition coefficient (Wildman–Crippen LogP) is 2.10. The Balaban J connectivity index is 2.00. The summed E-state index contributed by atoms with van der Waals surface area (Å²) >= 11 is 1.51. The third-order valence-electron chi connectivity index (χ3n) is 3.79. The van der Waals surface area contributed by atoms with Gasteiger partial charge >= 0.3 is 12.0 Å². The lowest BCUT2D eigenvalue weighted by Crippen LogP contribution is -2.45. The number of likely N-dealkylation sites (tertiary alicyclic amines) is 1. The second-order valence-corrected chi connectivity index (χ2v) is 5.87. The number of aliphatic carboxylic acids is 1. The van der Waals surface area contributed by atoms with E-state index in [0.29, 0.717) is 13.0 Å². The second kappa shape index (κ2) is 6.21. The van der Waals surface area contributed by atoms with Crippen LogP contribution < -0.4 is 5.32 Å². The van der Waals surface area contributed by atoms with Crippen molar-refractivity contribution in [2.75, 3.05) is 6.54 Å². The Morgan fingerprint density at radius 1 is 1.65 bits per heavy atom. The molecule has 1 saturated heterocycles. The zero-order valence-corrected chi connectivity index (χ0v) is 12.4. The lowest BCUT2D eigenvalue weighted by Gasteiger charge is -2.26. The van der Waals surface area contributed by atoms with E-state index in [0.717, 1.165) is 11.4 Å². The van der Waals surface area contributed by atoms with Crippen molar-refractivity contribution in [1.82, 2.24) is 15.2 Å². The number of carboxylic acid groups (broad SMARTS) is 1. The van der Waals surface area contributed by atoms with Gasteiger partial charge in [-0.3, -0.25) is 4.79 Å². The number of amides is 2. The molecule has 2 amide bonds. The van der Waals surface area contributed by atoms with Crippen LogP contribution in [0.5, 0.6) is 0 Å². The molecular weight excluding hydrogens is 278 g/mol. The minimum atomic E-state index is -0.834. The number of rotatable bonds is 4. The summed E-state index contributed by atoms with van der Waals surface area (Å²) in [4.78, 5) is 29.2. The quantitative estimate of drug-likeness (QED) is 0.891. The van der Waals surface area contributed by atoms with Crippen LogP contribution in [0.25, 0.3) is 0 Å². The number of nitrogens with zero attached hydrogens (tertiary/aromatic N) is 2. The average molecular weight is 297 g/mol. The van der Waals surface area contributed by atoms with Crippen LogP contribution >= 0.6 is 11.3 Å². The first kappa shape index (κ1) is 14.8. The monoisotopic (exact) mass is 297 g/mol. The molecule has 3 unspecified atom stereocenters. The van der Waals surface area contributed by atoms with Crippen molar-refractivity contribution < 1.29 is 14.7 Å². The van der Waals surface area contributed by atoms with Crippen molar-refractivity contribution >= 4 is 23.3 Å². The molecule has 0 aliphatic carbocycles. The third-order valence-corrected chi connectivity index (χ3v) is 4.68. The standard InChI is InChI=1S/C13H19N3O3S/c1-3-10(11-14-5-7-20-11)15-13(19)16-6-4-9(8(16)2)12(17)18/h5,7-10H,3-4,6H2,1-2H3,(H,15,19)(H,17,18). The molecular formula is C13H19N3O3S. The van der Waals surface area contributed by atoms with Crippen LogP contribution in [-0.2, 0) is 4.79 Å². The van der Waals surface area contributed by atoms with E-state index in [1.807, 2.05) is 12.3 Å². The number of hydrogen-bond donors (Lipinski definition) is 2. The Morgan fingerprint density at radius 3 is 2.90 bits per heavy atom. The fraction of sp³-hybridized carbons (Fsp3) is 0.615. The highest BCUT2D eigenvalue weighted by molar-refractivity contribution is 7.09. The number of aromatic nitrogens is 1. The van der Waals surface area contributed by atoms with Gasteiger partial charge in [0.1, 0.15) is 5.01 Å². The molecule has 0 spiro atoms. The van der Waals surface area contributed by atoms with E-state index in [9.17, 15) is 9.59 Å². The van der Waals surface area contributed by atoms with E-state index >= 15 is 0 Å². The molecule has 110 valence electrons. The molecule has 3 atom stereocenters. The number of carboxylic acids is 1. The van der Waals surface area contributed by atoms with Crippen molar-refractivity contribution in [1.29, 1.82) is 0 Å². The molecule has 2 N–H and O–H groups in total. The minimum absolute atomic E-state index is 0.112. The van der Waals surface area contributed by atoms with Crippen LogP contribution in [0.2, 0.25) is 0 Å². The van der Waals surface area contributed by atoms with Crippen molar-refractivity contribution in [2.24, 2.45) is 5.92 Å². The summed E-state index contributed by atoms with van der Waals surface area (Å²) in [7, 11) is 0. The van der Waals surface area contributed by atoms with Gasteiger partial charge < -0.3 is 15.3 Å². The summed E-state index contributed by atoms with van der Waals surface area (Å²) in [6, 6.07) is -0.594. The highest BCUT2D eigenvalue weighted by Crippen LogP contribution is 2.25. The Bertz CT molecular complexity index is 477. The average Bonchev–Trinajstić information content (AvgIpc) is 3.04. The van der Waals surface area contributed by atoms with Gasteiger partial charge in [0.25, 0.3) is 0 Å². The second-order valence-electron chi connectivity index (χ2n) is 4.95. The summed E-state index contributed by atoms with van der Waals surface area (Å²) in [5.41, 5.74) is 0. The highest BCUT2D eigenvalue weighted by Gasteiger charge is 2.38. The largest absolute Gasteiger partial charge is 0.481 e. The maximum atomic E-state index is 12.3. The molecule has 0 saturated carbocycles. The van der Waals surface area contributed by atoms with Crippen molar-refractivity contribution in [3.63, 3.8) is 0 Å². The van der Waals surface area contributed by atoms with Crippen LogP contribution in [0.3, 0.4) is 0 Å². The molecule has 0 aromatic carbocycles. The first-order valence-electron chi connectivity index (χ1n) is 6.74. The van der Waals surface area contributed by atoms with Crippen molar-refractivity contribution in [3.8, 4) is 0 Å². The molecule has 6 nitrogen and oxygen atoms in total. The minimum Gasteiger partial charge on any atom is -0.481 e. The number of nitrogens with one attached hydrogen (secondary N) is 1. The molecule has 1 aliphatic heterocycles. The molecule has 1 fully saturated rings. The van der Waals surface area contributed by atoms with Crippen molar-refractivity contribution in [2.45, 2.75) is 38.8 Å². The van der Waals surface area contributed by atoms with Gasteiger partial charge in [-0.2, -0.15) is 0 Å². The summed E-state index contributed by atoms with van der Waals surface area (Å²) in [6.07, 6.45) is 2.98. The van der Waals surface area contributed by atoms with E-state index in [1.165, 1.54) is 11.3 Å². The number of urea groups is 1. The van der Waals surface area contributed by atoms with Crippen LogP contribution in [0.1, 0.15) is 37.7 Å². The zero-order valence-electron chi connectivity index (χ0n) is 11.6. The van der Waals surface area contributed by atoms with Crippen LogP contribution in [0, 0.1) is 5.92 Å². The van der Waals surface area contributed by atoms with E-state index in [4.69, 9.17) is 5.11 Å². The molecule has 7 heteroatoms. The molecule has 0 bridgehead atoms. The number of hydrogen-bond acceptors (Lipinski definition) is 4. The Morgan fingerprint density at radius 2 is 2.40 bits per heavy atom. The molecule has 2 heterocycles. The number of thiazole rings is 1. The van der Waals surface area contributed by atoms with Crippen molar-refractivity contribution in [3.05, 3.63) is 16.6 Å². The molecule has 1 aromatic heterocycles. The molecule has 0 radical (unpaired) electrons.